The van der Waals surface area contributed by atoms with Crippen LogP contribution in [0, 0.1) is 27.2 Å². The summed E-state index contributed by atoms with van der Waals surface area (Å²) in [5, 5.41) is 30.7. The van der Waals surface area contributed by atoms with E-state index in [1.54, 1.807) is 12.1 Å². The summed E-state index contributed by atoms with van der Waals surface area (Å²) in [4.78, 5) is 53.2. The van der Waals surface area contributed by atoms with Crippen molar-refractivity contribution < 1.29 is 33.5 Å². The average molecular weight is 813 g/mol. The number of non-ortho nitro benzene ring substituents is 2. The monoisotopic (exact) mass is 810 g/mol. The molecule has 0 radical (unpaired) electrons. The van der Waals surface area contributed by atoms with Crippen LogP contribution in [0.5, 0.6) is 0 Å². The van der Waals surface area contributed by atoms with Crippen molar-refractivity contribution >= 4 is 143 Å². The first-order valence-corrected chi connectivity index (χ1v) is 18.1. The molecule has 0 unspecified atom stereocenters. The second-order valence-electron chi connectivity index (χ2n) is 8.96. The Hall–Kier alpha value is -3.47. The molecule has 252 valence electrons. The molecule has 3 aromatic carbocycles. The zero-order chi connectivity index (χ0) is 36.3. The molecule has 0 bridgehead atoms. The fourth-order valence-corrected chi connectivity index (χ4v) is 6.67. The second-order valence-corrected chi connectivity index (χ2v) is 14.7. The largest absolute Gasteiger partial charge is 0.478 e. The number of fused-ring (bicyclic) bond motifs is 2. The maximum Gasteiger partial charge on any atom is 0.328 e. The Labute approximate surface area is 306 Å². The fourth-order valence-electron chi connectivity index (χ4n) is 3.53. The smallest absolute Gasteiger partial charge is 0.328 e. The standard InChI is InChI=1S/C10H6ClNO3S.C10H10O2.C9H3Cl2NO3S.Cl2OS/c1-5(13)10-9(11)7-3-2-6(12(14)15)4-8(7)16-10;1-8-2-4-9(5-3-8)6-7-10(11)12;10-7-5-2-1-4(12(14)15)3-6(5)16-8(7)9(11)13;1-4(2)3/h2-4H,1H3;2-7H,1H3,(H,11,12);1-3H;/b;7-6+;;. The summed E-state index contributed by atoms with van der Waals surface area (Å²) < 4.78 is 10.3. The first-order chi connectivity index (χ1) is 22.4. The lowest BCUT2D eigenvalue weighted by Crippen LogP contribution is -1.86. The molecule has 0 spiro atoms. The van der Waals surface area contributed by atoms with Gasteiger partial charge in [0.1, 0.15) is 4.88 Å². The van der Waals surface area contributed by atoms with Crippen molar-refractivity contribution in [3.63, 3.8) is 0 Å². The Kier molecular flexibility index (Phi) is 16.0. The minimum absolute atomic E-state index is 0.000480. The van der Waals surface area contributed by atoms with E-state index < -0.39 is 30.3 Å². The topological polar surface area (TPSA) is 175 Å². The summed E-state index contributed by atoms with van der Waals surface area (Å²) in [6.07, 6.45) is 2.70. The first kappa shape index (κ1) is 40.7. The molecule has 0 aliphatic rings. The Balaban J connectivity index is 0.000000239. The maximum atomic E-state index is 11.2. The first-order valence-electron chi connectivity index (χ1n) is 12.6. The van der Waals surface area contributed by atoms with E-state index in [0.717, 1.165) is 23.0 Å². The molecule has 0 saturated heterocycles. The van der Waals surface area contributed by atoms with Crippen LogP contribution in [0.1, 0.15) is 37.4 Å². The normalized spacial score (nSPS) is 10.4. The second kappa shape index (κ2) is 18.9. The van der Waals surface area contributed by atoms with Crippen LogP contribution in [0.15, 0.2) is 66.7 Å². The van der Waals surface area contributed by atoms with Gasteiger partial charge >= 0.3 is 5.97 Å². The van der Waals surface area contributed by atoms with Crippen molar-refractivity contribution in [3.8, 4) is 0 Å². The van der Waals surface area contributed by atoms with Crippen molar-refractivity contribution in [2.45, 2.75) is 13.8 Å². The molecule has 48 heavy (non-hydrogen) atoms. The number of thiophene rings is 2. The maximum absolute atomic E-state index is 11.2. The highest BCUT2D eigenvalue weighted by Gasteiger charge is 2.18. The zero-order valence-electron chi connectivity index (χ0n) is 24.2. The molecule has 2 heterocycles. The van der Waals surface area contributed by atoms with Crippen LogP contribution in [0.3, 0.4) is 0 Å². The van der Waals surface area contributed by atoms with Gasteiger partial charge in [-0.15, -0.1) is 22.7 Å². The van der Waals surface area contributed by atoms with Gasteiger partial charge in [0.05, 0.1) is 24.8 Å². The number of hydrogen-bond acceptors (Lipinski definition) is 10. The van der Waals surface area contributed by atoms with Crippen molar-refractivity contribution in [3.05, 3.63) is 118 Å². The molecular weight excluding hydrogens is 794 g/mol. The van der Waals surface area contributed by atoms with Gasteiger partial charge in [-0.25, -0.2) is 9.00 Å². The SMILES string of the molecule is CC(=O)c1sc2cc([N+](=O)[O-])ccc2c1Cl.Cc1ccc(/C=C/C(=O)O)cc1.O=C(Cl)c1sc2cc([N+](=O)[O-])ccc2c1Cl.O=S(Cl)Cl. The average Bonchev–Trinajstić information content (AvgIpc) is 3.53. The highest BCUT2D eigenvalue weighted by molar-refractivity contribution is 8.26. The number of halogens is 5. The Bertz CT molecular complexity index is 1950. The van der Waals surface area contributed by atoms with Gasteiger partial charge in [0, 0.05) is 78.8 Å². The van der Waals surface area contributed by atoms with Gasteiger partial charge in [0.25, 0.3) is 16.6 Å². The minimum Gasteiger partial charge on any atom is -0.478 e. The van der Waals surface area contributed by atoms with Crippen LogP contribution in [0.2, 0.25) is 10.0 Å². The van der Waals surface area contributed by atoms with Gasteiger partial charge in [0.2, 0.25) is 9.23 Å². The number of hydrogen-bond donors (Lipinski definition) is 1. The molecule has 1 N–H and O–H groups in total. The van der Waals surface area contributed by atoms with Crippen LogP contribution in [-0.4, -0.2) is 36.2 Å². The number of carbonyl (C=O) groups is 3. The van der Waals surface area contributed by atoms with E-state index >= 15 is 0 Å². The lowest BCUT2D eigenvalue weighted by molar-refractivity contribution is -0.384. The van der Waals surface area contributed by atoms with E-state index in [9.17, 15) is 34.6 Å². The molecule has 0 saturated carbocycles. The number of nitro benzene ring substituents is 2. The number of carbonyl (C=O) groups excluding carboxylic acids is 2. The predicted molar refractivity (Wildman–Crippen MR) is 195 cm³/mol. The number of rotatable bonds is 6. The molecular formula is C29H19Cl5N2O9S3. The van der Waals surface area contributed by atoms with Gasteiger partial charge < -0.3 is 5.11 Å². The molecule has 11 nitrogen and oxygen atoms in total. The van der Waals surface area contributed by atoms with Gasteiger partial charge in [-0.2, -0.15) is 0 Å². The summed E-state index contributed by atoms with van der Waals surface area (Å²) in [6, 6.07) is 16.3. The van der Waals surface area contributed by atoms with Crippen molar-refractivity contribution in [2.75, 3.05) is 0 Å². The van der Waals surface area contributed by atoms with Crippen molar-refractivity contribution in [1.29, 1.82) is 0 Å². The summed E-state index contributed by atoms with van der Waals surface area (Å²) >= 11 is 19.5. The molecule has 0 atom stereocenters. The number of carboxylic acid groups (broad SMARTS) is 1. The summed E-state index contributed by atoms with van der Waals surface area (Å²) in [6.45, 7) is 3.41. The van der Waals surface area contributed by atoms with E-state index in [1.807, 2.05) is 31.2 Å². The van der Waals surface area contributed by atoms with Crippen LogP contribution < -0.4 is 0 Å². The molecule has 0 aliphatic heterocycles. The Morgan fingerprint density at radius 2 is 1.23 bits per heavy atom. The molecule has 5 rings (SSSR count). The molecule has 0 fully saturated rings. The van der Waals surface area contributed by atoms with E-state index in [4.69, 9.17) is 44.1 Å². The van der Waals surface area contributed by atoms with Gasteiger partial charge in [-0.1, -0.05) is 53.0 Å². The van der Waals surface area contributed by atoms with E-state index in [-0.39, 0.29) is 27.1 Å². The third kappa shape index (κ3) is 12.2. The number of ketones is 1. The van der Waals surface area contributed by atoms with Gasteiger partial charge in [-0.3, -0.25) is 29.8 Å². The molecule has 0 amide bonds. The quantitative estimate of drug-likeness (QED) is 0.0575. The molecule has 2 aromatic heterocycles. The predicted octanol–water partition coefficient (Wildman–Crippen LogP) is 10.6. The summed E-state index contributed by atoms with van der Waals surface area (Å²) in [5.74, 6) is -1.05. The lowest BCUT2D eigenvalue weighted by atomic mass is 10.1. The minimum atomic E-state index is -1.67. The van der Waals surface area contributed by atoms with E-state index in [0.29, 0.717) is 30.1 Å². The third-order valence-electron chi connectivity index (χ3n) is 5.64. The fraction of sp³-hybridized carbons (Fsp3) is 0.0690. The van der Waals surface area contributed by atoms with Crippen LogP contribution in [0.25, 0.3) is 26.2 Å². The third-order valence-corrected chi connectivity index (χ3v) is 9.36. The number of carboxylic acids is 1. The summed E-state index contributed by atoms with van der Waals surface area (Å²) in [7, 11) is 7.36. The van der Waals surface area contributed by atoms with Crippen LogP contribution >= 0.6 is 78.8 Å². The lowest BCUT2D eigenvalue weighted by Gasteiger charge is -1.92. The highest BCUT2D eigenvalue weighted by atomic mass is 36.0. The number of nitrogens with zero attached hydrogens (tertiary/aromatic N) is 2. The van der Waals surface area contributed by atoms with E-state index in [2.05, 4.69) is 21.4 Å². The highest BCUT2D eigenvalue weighted by Crippen LogP contribution is 2.38. The van der Waals surface area contributed by atoms with Gasteiger partial charge in [-0.05, 0) is 42.3 Å². The number of Topliss-reactive ketones (excluding diaryl/α,β-unsaturated/α-hetero) is 1. The van der Waals surface area contributed by atoms with Crippen LogP contribution in [-0.2, 0) is 14.0 Å². The Morgan fingerprint density at radius 3 is 1.60 bits per heavy atom. The van der Waals surface area contributed by atoms with Crippen LogP contribution in [0.4, 0.5) is 11.4 Å². The molecule has 19 heteroatoms. The number of benzene rings is 3. The number of nitro groups is 2. The number of aryl methyl sites for hydroxylation is 1. The molecule has 0 aliphatic carbocycles. The Morgan fingerprint density at radius 1 is 0.812 bits per heavy atom. The summed E-state index contributed by atoms with van der Waals surface area (Å²) in [5.41, 5.74) is 2.03. The van der Waals surface area contributed by atoms with Crippen molar-refractivity contribution in [1.82, 2.24) is 0 Å². The molecule has 5 aromatic rings. The van der Waals surface area contributed by atoms with Gasteiger partial charge in [0.15, 0.2) is 5.78 Å². The zero-order valence-corrected chi connectivity index (χ0v) is 30.4. The van der Waals surface area contributed by atoms with Crippen molar-refractivity contribution in [2.24, 2.45) is 0 Å². The number of aliphatic carboxylic acids is 1. The van der Waals surface area contributed by atoms with E-state index in [1.165, 1.54) is 54.2 Å².